The van der Waals surface area contributed by atoms with E-state index in [0.29, 0.717) is 0 Å². The van der Waals surface area contributed by atoms with Crippen molar-refractivity contribution in [3.05, 3.63) is 18.1 Å². The first-order chi connectivity index (χ1) is 10.2. The number of piperazine rings is 2. The molecule has 2 aliphatic heterocycles. The van der Waals surface area contributed by atoms with Crippen molar-refractivity contribution in [2.45, 2.75) is 25.8 Å². The van der Waals surface area contributed by atoms with Crippen molar-refractivity contribution in [1.29, 1.82) is 0 Å². The van der Waals surface area contributed by atoms with Crippen LogP contribution in [0.25, 0.3) is 0 Å². The smallest absolute Gasteiger partial charge is 0.241 e. The van der Waals surface area contributed by atoms with Crippen molar-refractivity contribution in [1.82, 2.24) is 19.8 Å². The lowest BCUT2D eigenvalue weighted by Crippen LogP contribution is -2.64. The third-order valence-corrected chi connectivity index (χ3v) is 4.46. The van der Waals surface area contributed by atoms with Gasteiger partial charge in [-0.2, -0.15) is 0 Å². The van der Waals surface area contributed by atoms with E-state index in [1.54, 1.807) is 6.33 Å². The minimum absolute atomic E-state index is 0.0260. The van der Waals surface area contributed by atoms with E-state index in [2.05, 4.69) is 26.7 Å². The van der Waals surface area contributed by atoms with Crippen molar-refractivity contribution < 1.29 is 4.79 Å². The molecule has 6 heteroatoms. The molecule has 2 aliphatic rings. The number of nitrogens with zero attached hydrogens (tertiary/aromatic N) is 5. The summed E-state index contributed by atoms with van der Waals surface area (Å²) in [5.74, 6) is 1.24. The van der Waals surface area contributed by atoms with E-state index < -0.39 is 0 Å². The minimum Gasteiger partial charge on any atom is -0.353 e. The molecular formula is C15H23N5O. The molecule has 0 aliphatic carbocycles. The molecule has 0 spiro atoms. The van der Waals surface area contributed by atoms with Gasteiger partial charge in [-0.1, -0.05) is 13.3 Å². The summed E-state index contributed by atoms with van der Waals surface area (Å²) in [5.41, 5.74) is 1.19. The van der Waals surface area contributed by atoms with E-state index >= 15 is 0 Å². The maximum Gasteiger partial charge on any atom is 0.241 e. The van der Waals surface area contributed by atoms with Gasteiger partial charge < -0.3 is 9.80 Å². The molecule has 2 saturated heterocycles. The second kappa shape index (κ2) is 5.97. The molecule has 0 unspecified atom stereocenters. The molecule has 3 heterocycles. The van der Waals surface area contributed by atoms with Gasteiger partial charge >= 0.3 is 0 Å². The van der Waals surface area contributed by atoms with Crippen LogP contribution >= 0.6 is 0 Å². The van der Waals surface area contributed by atoms with Crippen LogP contribution in [-0.4, -0.2) is 71.5 Å². The number of hydrogen-bond donors (Lipinski definition) is 0. The maximum absolute atomic E-state index is 12.4. The lowest BCUT2D eigenvalue weighted by atomic mass is 10.1. The molecule has 0 saturated carbocycles. The van der Waals surface area contributed by atoms with Gasteiger partial charge in [0, 0.05) is 51.5 Å². The molecule has 1 aromatic rings. The van der Waals surface area contributed by atoms with Gasteiger partial charge in [0.2, 0.25) is 5.91 Å². The minimum atomic E-state index is -0.0260. The molecule has 0 N–H and O–H groups in total. The zero-order valence-electron chi connectivity index (χ0n) is 12.8. The number of hydrogen-bond acceptors (Lipinski definition) is 5. The highest BCUT2D eigenvalue weighted by Gasteiger charge is 2.37. The van der Waals surface area contributed by atoms with Crippen LogP contribution in [0.15, 0.2) is 12.5 Å². The predicted octanol–water partition coefficient (Wildman–Crippen LogP) is 0.392. The summed E-state index contributed by atoms with van der Waals surface area (Å²) in [4.78, 5) is 27.4. The summed E-state index contributed by atoms with van der Waals surface area (Å²) >= 11 is 0. The van der Waals surface area contributed by atoms with Crippen molar-refractivity contribution >= 4 is 11.7 Å². The molecule has 0 aromatic carbocycles. The zero-order valence-corrected chi connectivity index (χ0v) is 12.8. The maximum atomic E-state index is 12.4. The van der Waals surface area contributed by atoms with Gasteiger partial charge in [0.05, 0.1) is 0 Å². The number of amides is 1. The third kappa shape index (κ3) is 2.72. The number of fused-ring (bicyclic) bond motifs is 1. The van der Waals surface area contributed by atoms with E-state index in [4.69, 9.17) is 0 Å². The Bertz CT molecular complexity index is 521. The highest BCUT2D eigenvalue weighted by atomic mass is 16.2. The van der Waals surface area contributed by atoms with Gasteiger partial charge in [0.15, 0.2) is 0 Å². The van der Waals surface area contributed by atoms with Gasteiger partial charge in [0.1, 0.15) is 18.2 Å². The Labute approximate surface area is 125 Å². The zero-order chi connectivity index (χ0) is 14.8. The summed E-state index contributed by atoms with van der Waals surface area (Å²) in [6.45, 7) is 6.57. The molecule has 0 bridgehead atoms. The topological polar surface area (TPSA) is 52.6 Å². The average molecular weight is 289 g/mol. The van der Waals surface area contributed by atoms with Crippen LogP contribution in [0.5, 0.6) is 0 Å². The van der Waals surface area contributed by atoms with E-state index in [1.165, 1.54) is 5.56 Å². The van der Waals surface area contributed by atoms with Crippen LogP contribution in [0.2, 0.25) is 0 Å². The second-order valence-corrected chi connectivity index (χ2v) is 5.88. The third-order valence-electron chi connectivity index (χ3n) is 4.46. The monoisotopic (exact) mass is 289 g/mol. The van der Waals surface area contributed by atoms with Crippen molar-refractivity contribution in [2.24, 2.45) is 0 Å². The SMILES string of the molecule is CCCc1cncnc1N1CCN2CCN(C)C(=O)[C@@H]2C1. The number of rotatable bonds is 3. The van der Waals surface area contributed by atoms with Crippen LogP contribution in [0, 0.1) is 0 Å². The van der Waals surface area contributed by atoms with Gasteiger partial charge in [-0.05, 0) is 6.42 Å². The second-order valence-electron chi connectivity index (χ2n) is 5.88. The number of aromatic nitrogens is 2. The number of carbonyl (C=O) groups is 1. The summed E-state index contributed by atoms with van der Waals surface area (Å²) in [6.07, 6.45) is 5.57. The number of anilines is 1. The molecular weight excluding hydrogens is 266 g/mol. The Balaban J connectivity index is 1.80. The van der Waals surface area contributed by atoms with E-state index in [9.17, 15) is 4.79 Å². The molecule has 2 fully saturated rings. The Kier molecular flexibility index (Phi) is 4.05. The predicted molar refractivity (Wildman–Crippen MR) is 81.2 cm³/mol. The molecule has 6 nitrogen and oxygen atoms in total. The summed E-state index contributed by atoms with van der Waals surface area (Å²) in [7, 11) is 1.89. The summed E-state index contributed by atoms with van der Waals surface area (Å²) in [6, 6.07) is -0.0260. The Morgan fingerprint density at radius 3 is 2.90 bits per heavy atom. The van der Waals surface area contributed by atoms with E-state index in [0.717, 1.165) is 51.4 Å². The summed E-state index contributed by atoms with van der Waals surface area (Å²) < 4.78 is 0. The van der Waals surface area contributed by atoms with E-state index in [-0.39, 0.29) is 11.9 Å². The normalized spacial score (nSPS) is 23.3. The van der Waals surface area contributed by atoms with E-state index in [1.807, 2.05) is 18.1 Å². The van der Waals surface area contributed by atoms with Crippen LogP contribution in [0.1, 0.15) is 18.9 Å². The Morgan fingerprint density at radius 2 is 2.10 bits per heavy atom. The van der Waals surface area contributed by atoms with Gasteiger partial charge in [-0.15, -0.1) is 0 Å². The molecule has 3 rings (SSSR count). The Morgan fingerprint density at radius 1 is 1.29 bits per heavy atom. The first-order valence-corrected chi connectivity index (χ1v) is 7.73. The number of carbonyl (C=O) groups excluding carboxylic acids is 1. The largest absolute Gasteiger partial charge is 0.353 e. The van der Waals surface area contributed by atoms with Crippen LogP contribution in [-0.2, 0) is 11.2 Å². The van der Waals surface area contributed by atoms with Gasteiger partial charge in [-0.25, -0.2) is 9.97 Å². The highest BCUT2D eigenvalue weighted by molar-refractivity contribution is 5.83. The van der Waals surface area contributed by atoms with Gasteiger partial charge in [0.25, 0.3) is 0 Å². The first kappa shape index (κ1) is 14.3. The highest BCUT2D eigenvalue weighted by Crippen LogP contribution is 2.23. The molecule has 21 heavy (non-hydrogen) atoms. The number of likely N-dealkylation sites (N-methyl/N-ethyl adjacent to an activating group) is 1. The van der Waals surface area contributed by atoms with Crippen LogP contribution in [0.4, 0.5) is 5.82 Å². The molecule has 114 valence electrons. The average Bonchev–Trinajstić information content (AvgIpc) is 2.52. The summed E-state index contributed by atoms with van der Waals surface area (Å²) in [5, 5.41) is 0. The van der Waals surface area contributed by atoms with Crippen molar-refractivity contribution in [3.8, 4) is 0 Å². The quantitative estimate of drug-likeness (QED) is 0.806. The molecule has 1 aromatic heterocycles. The lowest BCUT2D eigenvalue weighted by molar-refractivity contribution is -0.140. The van der Waals surface area contributed by atoms with Crippen LogP contribution < -0.4 is 4.90 Å². The van der Waals surface area contributed by atoms with Crippen LogP contribution in [0.3, 0.4) is 0 Å². The lowest BCUT2D eigenvalue weighted by Gasteiger charge is -2.46. The standard InChI is InChI=1S/C15H23N5O/c1-3-4-12-9-16-11-17-14(12)20-8-7-19-6-5-18(2)15(21)13(19)10-20/h9,11,13H,3-8,10H2,1-2H3/t13-/m0/s1. The van der Waals surface area contributed by atoms with Crippen molar-refractivity contribution in [3.63, 3.8) is 0 Å². The van der Waals surface area contributed by atoms with Gasteiger partial charge in [-0.3, -0.25) is 9.69 Å². The first-order valence-electron chi connectivity index (χ1n) is 7.73. The molecule has 1 amide bonds. The fourth-order valence-corrected chi connectivity index (χ4v) is 3.24. The van der Waals surface area contributed by atoms with Crippen molar-refractivity contribution in [2.75, 3.05) is 44.7 Å². The Hall–Kier alpha value is -1.69. The molecule has 0 radical (unpaired) electrons. The fraction of sp³-hybridized carbons (Fsp3) is 0.667. The number of aryl methyl sites for hydroxylation is 1. The molecule has 1 atom stereocenters. The fourth-order valence-electron chi connectivity index (χ4n) is 3.24.